The number of benzene rings is 1. The van der Waals surface area contributed by atoms with Crippen molar-refractivity contribution in [2.24, 2.45) is 0 Å². The van der Waals surface area contributed by atoms with Crippen molar-refractivity contribution in [3.05, 3.63) is 35.9 Å². The van der Waals surface area contributed by atoms with Crippen LogP contribution in [0.3, 0.4) is 0 Å². The molecule has 1 saturated heterocycles. The summed E-state index contributed by atoms with van der Waals surface area (Å²) in [4.78, 5) is 4.81. The molecule has 1 N–H and O–H groups in total. The highest BCUT2D eigenvalue weighted by Crippen LogP contribution is 2.31. The van der Waals surface area contributed by atoms with Gasteiger partial charge in [0.05, 0.1) is 12.7 Å². The molecule has 1 atom stereocenters. The van der Waals surface area contributed by atoms with Crippen molar-refractivity contribution in [1.29, 1.82) is 0 Å². The molecule has 4 nitrogen and oxygen atoms in total. The molecule has 1 aromatic carbocycles. The molecule has 0 spiro atoms. The van der Waals surface area contributed by atoms with Gasteiger partial charge in [0.25, 0.3) is 0 Å². The van der Waals surface area contributed by atoms with Gasteiger partial charge in [-0.05, 0) is 31.2 Å². The summed E-state index contributed by atoms with van der Waals surface area (Å²) in [6.07, 6.45) is 10.6. The normalized spacial score (nSPS) is 22.6. The van der Waals surface area contributed by atoms with Crippen LogP contribution in [0, 0.1) is 12.3 Å². The first-order chi connectivity index (χ1) is 12.7. The van der Waals surface area contributed by atoms with Crippen molar-refractivity contribution in [1.82, 2.24) is 9.80 Å². The smallest absolute Gasteiger partial charge is 0.128 e. The largest absolute Gasteiger partial charge is 0.389 e. The van der Waals surface area contributed by atoms with E-state index in [2.05, 4.69) is 46.1 Å². The first-order valence-electron chi connectivity index (χ1n) is 9.97. The van der Waals surface area contributed by atoms with E-state index < -0.39 is 11.7 Å². The van der Waals surface area contributed by atoms with E-state index in [0.29, 0.717) is 13.2 Å². The number of nitrogens with zero attached hydrogens (tertiary/aromatic N) is 2. The predicted molar refractivity (Wildman–Crippen MR) is 105 cm³/mol. The van der Waals surface area contributed by atoms with Crippen molar-refractivity contribution in [2.45, 2.75) is 50.4 Å². The number of aliphatic hydroxyl groups excluding tert-OH is 1. The highest BCUT2D eigenvalue weighted by atomic mass is 16.5. The van der Waals surface area contributed by atoms with E-state index in [9.17, 15) is 5.11 Å². The Morgan fingerprint density at radius 1 is 1.04 bits per heavy atom. The maximum Gasteiger partial charge on any atom is 0.128 e. The Balaban J connectivity index is 1.36. The van der Waals surface area contributed by atoms with Gasteiger partial charge in [-0.15, -0.1) is 6.42 Å². The Morgan fingerprint density at radius 2 is 1.69 bits per heavy atom. The third-order valence-corrected chi connectivity index (χ3v) is 5.66. The predicted octanol–water partition coefficient (Wildman–Crippen LogP) is 2.52. The minimum absolute atomic E-state index is 0.342. The molecule has 142 valence electrons. The quantitative estimate of drug-likeness (QED) is 0.762. The van der Waals surface area contributed by atoms with E-state index in [4.69, 9.17) is 11.2 Å². The number of β-amino-alcohol motifs (C(OH)–C–C–N with tert-alkyl or cyclic N) is 1. The van der Waals surface area contributed by atoms with Crippen LogP contribution in [-0.2, 0) is 11.3 Å². The minimum atomic E-state index is -0.470. The molecule has 0 aromatic heterocycles. The monoisotopic (exact) mass is 356 g/mol. The summed E-state index contributed by atoms with van der Waals surface area (Å²) in [5, 5.41) is 10.4. The van der Waals surface area contributed by atoms with E-state index >= 15 is 0 Å². The second-order valence-electron chi connectivity index (χ2n) is 7.73. The van der Waals surface area contributed by atoms with Gasteiger partial charge in [0.2, 0.25) is 0 Å². The standard InChI is InChI=1S/C22H32N2O2/c1-2-22(11-7-4-8-12-22)26-19-21(25)18-24-15-13-23(14-16-24)17-20-9-5-3-6-10-20/h1,3,5-6,9-10,21,25H,4,7-8,11-19H2/t21-/m0/s1. The van der Waals surface area contributed by atoms with Gasteiger partial charge >= 0.3 is 0 Å². The summed E-state index contributed by atoms with van der Waals surface area (Å²) in [6.45, 7) is 6.07. The van der Waals surface area contributed by atoms with Gasteiger partial charge in [0.15, 0.2) is 0 Å². The Bertz CT molecular complexity index is 570. The number of aliphatic hydroxyl groups is 1. The number of rotatable bonds is 7. The van der Waals surface area contributed by atoms with Crippen LogP contribution < -0.4 is 0 Å². The summed E-state index contributed by atoms with van der Waals surface area (Å²) in [7, 11) is 0. The summed E-state index contributed by atoms with van der Waals surface area (Å²) in [5.41, 5.74) is 0.926. The number of hydrogen-bond donors (Lipinski definition) is 1. The third-order valence-electron chi connectivity index (χ3n) is 5.66. The molecule has 0 bridgehead atoms. The van der Waals surface area contributed by atoms with Gasteiger partial charge in [-0.1, -0.05) is 42.7 Å². The summed E-state index contributed by atoms with van der Waals surface area (Å²) in [5.74, 6) is 2.85. The molecule has 0 unspecified atom stereocenters. The van der Waals surface area contributed by atoms with Crippen LogP contribution in [0.25, 0.3) is 0 Å². The van der Waals surface area contributed by atoms with Crippen LogP contribution in [0.1, 0.15) is 37.7 Å². The highest BCUT2D eigenvalue weighted by Gasteiger charge is 2.31. The van der Waals surface area contributed by atoms with Gasteiger partial charge in [0, 0.05) is 39.3 Å². The van der Waals surface area contributed by atoms with Gasteiger partial charge < -0.3 is 9.84 Å². The molecular formula is C22H32N2O2. The lowest BCUT2D eigenvalue weighted by Crippen LogP contribution is -2.49. The topological polar surface area (TPSA) is 35.9 Å². The molecule has 1 aliphatic heterocycles. The lowest BCUT2D eigenvalue weighted by molar-refractivity contribution is -0.0716. The number of ether oxygens (including phenoxy) is 1. The Labute approximate surface area is 158 Å². The van der Waals surface area contributed by atoms with Crippen LogP contribution >= 0.6 is 0 Å². The first kappa shape index (κ1) is 19.4. The number of terminal acetylenes is 1. The maximum absolute atomic E-state index is 10.4. The van der Waals surface area contributed by atoms with E-state index in [1.165, 1.54) is 12.0 Å². The van der Waals surface area contributed by atoms with Crippen LogP contribution in [0.4, 0.5) is 0 Å². The third kappa shape index (κ3) is 5.56. The zero-order valence-electron chi connectivity index (χ0n) is 15.8. The average molecular weight is 357 g/mol. The Kier molecular flexibility index (Phi) is 7.10. The molecule has 2 aliphatic rings. The van der Waals surface area contributed by atoms with Crippen LogP contribution in [0.15, 0.2) is 30.3 Å². The van der Waals surface area contributed by atoms with E-state index in [1.54, 1.807) is 0 Å². The molecule has 1 aliphatic carbocycles. The lowest BCUT2D eigenvalue weighted by Gasteiger charge is -2.37. The zero-order chi connectivity index (χ0) is 18.2. The second kappa shape index (κ2) is 9.53. The number of piperazine rings is 1. The SMILES string of the molecule is C#CC1(OC[C@@H](O)CN2CCN(Cc3ccccc3)CC2)CCCCC1. The Hall–Kier alpha value is -1.38. The molecule has 0 amide bonds. The molecule has 4 heteroatoms. The van der Waals surface area contributed by atoms with E-state index in [1.807, 2.05) is 0 Å². The number of hydrogen-bond acceptors (Lipinski definition) is 4. The lowest BCUT2D eigenvalue weighted by atomic mass is 9.85. The van der Waals surface area contributed by atoms with Gasteiger partial charge in [-0.25, -0.2) is 0 Å². The molecule has 3 rings (SSSR count). The molecular weight excluding hydrogens is 324 g/mol. The van der Waals surface area contributed by atoms with Gasteiger partial charge in [-0.2, -0.15) is 0 Å². The van der Waals surface area contributed by atoms with Crippen molar-refractivity contribution < 1.29 is 9.84 Å². The van der Waals surface area contributed by atoms with Gasteiger partial charge in [0.1, 0.15) is 5.60 Å². The highest BCUT2D eigenvalue weighted by molar-refractivity contribution is 5.14. The maximum atomic E-state index is 10.4. The zero-order valence-corrected chi connectivity index (χ0v) is 15.8. The summed E-state index contributed by atoms with van der Waals surface area (Å²) >= 11 is 0. The van der Waals surface area contributed by atoms with Crippen molar-refractivity contribution in [3.8, 4) is 12.3 Å². The molecule has 2 fully saturated rings. The van der Waals surface area contributed by atoms with Crippen LogP contribution in [0.5, 0.6) is 0 Å². The molecule has 1 heterocycles. The van der Waals surface area contributed by atoms with Crippen molar-refractivity contribution >= 4 is 0 Å². The summed E-state index contributed by atoms with van der Waals surface area (Å²) < 4.78 is 6.00. The molecule has 26 heavy (non-hydrogen) atoms. The van der Waals surface area contributed by atoms with Crippen LogP contribution in [-0.4, -0.2) is 65.9 Å². The first-order valence-corrected chi connectivity index (χ1v) is 9.97. The van der Waals surface area contributed by atoms with E-state index in [-0.39, 0.29) is 0 Å². The molecule has 1 aromatic rings. The average Bonchev–Trinajstić information content (AvgIpc) is 2.69. The van der Waals surface area contributed by atoms with E-state index in [0.717, 1.165) is 58.4 Å². The van der Waals surface area contributed by atoms with Crippen LogP contribution in [0.2, 0.25) is 0 Å². The molecule has 1 saturated carbocycles. The fourth-order valence-corrected chi connectivity index (χ4v) is 4.03. The Morgan fingerprint density at radius 3 is 2.35 bits per heavy atom. The summed E-state index contributed by atoms with van der Waals surface area (Å²) in [6, 6.07) is 10.6. The van der Waals surface area contributed by atoms with Crippen molar-refractivity contribution in [2.75, 3.05) is 39.3 Å². The fourth-order valence-electron chi connectivity index (χ4n) is 4.03. The molecule has 0 radical (unpaired) electrons. The fraction of sp³-hybridized carbons (Fsp3) is 0.636. The van der Waals surface area contributed by atoms with Gasteiger partial charge in [-0.3, -0.25) is 9.80 Å². The second-order valence-corrected chi connectivity index (χ2v) is 7.73. The van der Waals surface area contributed by atoms with Crippen molar-refractivity contribution in [3.63, 3.8) is 0 Å². The minimum Gasteiger partial charge on any atom is -0.389 e.